The summed E-state index contributed by atoms with van der Waals surface area (Å²) in [6, 6.07) is 7.38. The van der Waals surface area contributed by atoms with Crippen molar-refractivity contribution in [1.82, 2.24) is 0 Å². The van der Waals surface area contributed by atoms with E-state index in [1.165, 1.54) is 0 Å². The second-order valence-corrected chi connectivity index (χ2v) is 4.80. The molecule has 3 N–H and O–H groups in total. The van der Waals surface area contributed by atoms with Crippen molar-refractivity contribution in [2.75, 3.05) is 11.9 Å². The van der Waals surface area contributed by atoms with E-state index in [0.29, 0.717) is 24.4 Å². The summed E-state index contributed by atoms with van der Waals surface area (Å²) in [7, 11) is 0. The van der Waals surface area contributed by atoms with Gasteiger partial charge in [-0.25, -0.2) is 0 Å². The lowest BCUT2D eigenvalue weighted by Gasteiger charge is -2.23. The van der Waals surface area contributed by atoms with E-state index in [2.05, 4.69) is 5.32 Å². The fraction of sp³-hybridized carbons (Fsp3) is 0.462. The van der Waals surface area contributed by atoms with Crippen molar-refractivity contribution in [2.45, 2.75) is 32.8 Å². The number of amides is 1. The molecule has 4 nitrogen and oxygen atoms in total. The Morgan fingerprint density at radius 1 is 1.35 bits per heavy atom. The predicted octanol–water partition coefficient (Wildman–Crippen LogP) is 2.15. The number of carbonyl (C=O) groups is 1. The number of ether oxygens (including phenoxy) is 1. The second-order valence-electron chi connectivity index (χ2n) is 4.80. The van der Waals surface area contributed by atoms with E-state index < -0.39 is 0 Å². The van der Waals surface area contributed by atoms with E-state index in [1.54, 1.807) is 0 Å². The Balaban J connectivity index is 2.81. The van der Waals surface area contributed by atoms with E-state index in [4.69, 9.17) is 10.5 Å². The number of rotatable bonds is 4. The largest absolute Gasteiger partial charge is 0.486 e. The minimum Gasteiger partial charge on any atom is -0.486 e. The van der Waals surface area contributed by atoms with Crippen LogP contribution in [-0.2, 0) is 4.79 Å². The molecule has 0 aromatic heterocycles. The van der Waals surface area contributed by atoms with Crippen LogP contribution in [0.15, 0.2) is 24.3 Å². The molecule has 1 aromatic carbocycles. The minimum absolute atomic E-state index is 0.0996. The summed E-state index contributed by atoms with van der Waals surface area (Å²) in [5.74, 6) is 0.572. The van der Waals surface area contributed by atoms with Gasteiger partial charge in [0.15, 0.2) is 0 Å². The molecule has 0 radical (unpaired) electrons. The first kappa shape index (κ1) is 13.5. The SMILES string of the molecule is CC(C)(C)Oc1ccccc1NC(=O)CCN. The van der Waals surface area contributed by atoms with E-state index in [-0.39, 0.29) is 11.5 Å². The number of benzene rings is 1. The molecule has 1 aromatic rings. The number of carbonyl (C=O) groups excluding carboxylic acids is 1. The van der Waals surface area contributed by atoms with Crippen LogP contribution in [0.3, 0.4) is 0 Å². The molecule has 17 heavy (non-hydrogen) atoms. The van der Waals surface area contributed by atoms with Crippen LogP contribution in [0.2, 0.25) is 0 Å². The topological polar surface area (TPSA) is 64.3 Å². The maximum Gasteiger partial charge on any atom is 0.225 e. The van der Waals surface area contributed by atoms with Crippen LogP contribution in [0.1, 0.15) is 27.2 Å². The van der Waals surface area contributed by atoms with Gasteiger partial charge in [-0.1, -0.05) is 12.1 Å². The van der Waals surface area contributed by atoms with E-state index >= 15 is 0 Å². The minimum atomic E-state index is -0.297. The molecule has 94 valence electrons. The van der Waals surface area contributed by atoms with Gasteiger partial charge in [-0.15, -0.1) is 0 Å². The molecule has 0 spiro atoms. The lowest BCUT2D eigenvalue weighted by molar-refractivity contribution is -0.116. The van der Waals surface area contributed by atoms with Gasteiger partial charge in [0, 0.05) is 13.0 Å². The molecule has 0 atom stereocenters. The Kier molecular flexibility index (Phi) is 4.52. The van der Waals surface area contributed by atoms with Gasteiger partial charge in [-0.05, 0) is 32.9 Å². The number of hydrogen-bond donors (Lipinski definition) is 2. The Morgan fingerprint density at radius 3 is 2.59 bits per heavy atom. The molecule has 0 bridgehead atoms. The highest BCUT2D eigenvalue weighted by Crippen LogP contribution is 2.27. The van der Waals surface area contributed by atoms with Gasteiger partial charge in [0.1, 0.15) is 11.4 Å². The molecule has 1 amide bonds. The first-order valence-electron chi connectivity index (χ1n) is 5.70. The van der Waals surface area contributed by atoms with Gasteiger partial charge < -0.3 is 15.8 Å². The highest BCUT2D eigenvalue weighted by atomic mass is 16.5. The maximum atomic E-state index is 11.5. The maximum absolute atomic E-state index is 11.5. The Bertz CT molecular complexity index is 383. The number of anilines is 1. The van der Waals surface area contributed by atoms with Crippen molar-refractivity contribution in [1.29, 1.82) is 0 Å². The third-order valence-electron chi connectivity index (χ3n) is 1.95. The normalized spacial score (nSPS) is 11.1. The van der Waals surface area contributed by atoms with Gasteiger partial charge in [0.2, 0.25) is 5.91 Å². The Labute approximate surface area is 102 Å². The molecular weight excluding hydrogens is 216 g/mol. The van der Waals surface area contributed by atoms with Gasteiger partial charge in [-0.2, -0.15) is 0 Å². The molecule has 0 saturated heterocycles. The Hall–Kier alpha value is -1.55. The molecular formula is C13H20N2O2. The highest BCUT2D eigenvalue weighted by molar-refractivity contribution is 5.92. The van der Waals surface area contributed by atoms with Crippen LogP contribution in [0.25, 0.3) is 0 Å². The van der Waals surface area contributed by atoms with Crippen molar-refractivity contribution in [3.05, 3.63) is 24.3 Å². The number of nitrogens with one attached hydrogen (secondary N) is 1. The van der Waals surface area contributed by atoms with Crippen LogP contribution in [0, 0.1) is 0 Å². The fourth-order valence-electron chi connectivity index (χ4n) is 1.33. The summed E-state index contributed by atoms with van der Waals surface area (Å²) in [6.45, 7) is 6.23. The average molecular weight is 236 g/mol. The van der Waals surface area contributed by atoms with Gasteiger partial charge >= 0.3 is 0 Å². The molecule has 0 aliphatic heterocycles. The van der Waals surface area contributed by atoms with Gasteiger partial charge in [-0.3, -0.25) is 4.79 Å². The molecule has 0 aliphatic carbocycles. The summed E-state index contributed by atoms with van der Waals surface area (Å²) in [4.78, 5) is 11.5. The van der Waals surface area contributed by atoms with Crippen LogP contribution >= 0.6 is 0 Å². The van der Waals surface area contributed by atoms with Crippen LogP contribution < -0.4 is 15.8 Å². The first-order valence-corrected chi connectivity index (χ1v) is 5.70. The van der Waals surface area contributed by atoms with Crippen LogP contribution in [0.5, 0.6) is 5.75 Å². The summed E-state index contributed by atoms with van der Waals surface area (Å²) in [5.41, 5.74) is 5.72. The van der Waals surface area contributed by atoms with Crippen molar-refractivity contribution >= 4 is 11.6 Å². The zero-order valence-corrected chi connectivity index (χ0v) is 10.6. The second kappa shape index (κ2) is 5.68. The molecule has 0 unspecified atom stereocenters. The third kappa shape index (κ3) is 4.87. The smallest absolute Gasteiger partial charge is 0.225 e. The number of nitrogens with two attached hydrogens (primary N) is 1. The van der Waals surface area contributed by atoms with Crippen molar-refractivity contribution in [3.8, 4) is 5.75 Å². The lowest BCUT2D eigenvalue weighted by atomic mass is 10.2. The van der Waals surface area contributed by atoms with Crippen LogP contribution in [0.4, 0.5) is 5.69 Å². The first-order chi connectivity index (χ1) is 7.92. The van der Waals surface area contributed by atoms with Crippen molar-refractivity contribution in [2.24, 2.45) is 5.73 Å². The molecule has 1 rings (SSSR count). The third-order valence-corrected chi connectivity index (χ3v) is 1.95. The summed E-state index contributed by atoms with van der Waals surface area (Å²) in [6.07, 6.45) is 0.309. The van der Waals surface area contributed by atoms with E-state index in [1.807, 2.05) is 45.0 Å². The monoisotopic (exact) mass is 236 g/mol. The quantitative estimate of drug-likeness (QED) is 0.842. The molecule has 0 saturated carbocycles. The standard InChI is InChI=1S/C13H20N2O2/c1-13(2,3)17-11-7-5-4-6-10(11)15-12(16)8-9-14/h4-7H,8-9,14H2,1-3H3,(H,15,16). The van der Waals surface area contributed by atoms with Crippen molar-refractivity contribution in [3.63, 3.8) is 0 Å². The van der Waals surface area contributed by atoms with Gasteiger partial charge in [0.05, 0.1) is 5.69 Å². The molecule has 0 heterocycles. The van der Waals surface area contributed by atoms with E-state index in [0.717, 1.165) is 0 Å². The van der Waals surface area contributed by atoms with E-state index in [9.17, 15) is 4.79 Å². The zero-order valence-electron chi connectivity index (χ0n) is 10.6. The number of hydrogen-bond acceptors (Lipinski definition) is 3. The lowest BCUT2D eigenvalue weighted by Crippen LogP contribution is -2.24. The summed E-state index contributed by atoms with van der Waals surface area (Å²) < 4.78 is 5.77. The molecule has 0 aliphatic rings. The van der Waals surface area contributed by atoms with Crippen molar-refractivity contribution < 1.29 is 9.53 Å². The van der Waals surface area contributed by atoms with Gasteiger partial charge in [0.25, 0.3) is 0 Å². The summed E-state index contributed by atoms with van der Waals surface area (Å²) >= 11 is 0. The zero-order chi connectivity index (χ0) is 12.9. The molecule has 0 fully saturated rings. The highest BCUT2D eigenvalue weighted by Gasteiger charge is 2.15. The number of para-hydroxylation sites is 2. The molecule has 4 heteroatoms. The average Bonchev–Trinajstić information content (AvgIpc) is 2.19. The Morgan fingerprint density at radius 2 is 2.00 bits per heavy atom. The summed E-state index contributed by atoms with van der Waals surface area (Å²) in [5, 5.41) is 2.79. The fourth-order valence-corrected chi connectivity index (χ4v) is 1.33. The predicted molar refractivity (Wildman–Crippen MR) is 69.1 cm³/mol. The van der Waals surface area contributed by atoms with Crippen LogP contribution in [-0.4, -0.2) is 18.1 Å².